The van der Waals surface area contributed by atoms with Gasteiger partial charge in [0.2, 0.25) is 0 Å². The predicted octanol–water partition coefficient (Wildman–Crippen LogP) is 0.0247. The van der Waals surface area contributed by atoms with E-state index in [-0.39, 0.29) is 6.04 Å². The monoisotopic (exact) mass is 111 g/mol. The van der Waals surface area contributed by atoms with Crippen molar-refractivity contribution in [2.45, 2.75) is 13.0 Å². The summed E-state index contributed by atoms with van der Waals surface area (Å²) in [5.41, 5.74) is 5.55. The molecule has 0 aromatic carbocycles. The van der Waals surface area contributed by atoms with E-state index in [1.807, 2.05) is 19.2 Å². The van der Waals surface area contributed by atoms with E-state index in [2.05, 4.69) is 15.8 Å². The number of aliphatic imine (C=N–C) groups is 1. The average Bonchev–Trinajstić information content (AvgIpc) is 1.94. The first-order valence-corrected chi connectivity index (χ1v) is 2.59. The topological polar surface area (TPSA) is 36.4 Å². The van der Waals surface area contributed by atoms with Gasteiger partial charge in [0.25, 0.3) is 0 Å². The Morgan fingerprint density at radius 1 is 1.50 bits per heavy atom. The van der Waals surface area contributed by atoms with Crippen LogP contribution in [-0.4, -0.2) is 12.4 Å². The largest absolute Gasteiger partial charge is 0.308 e. The van der Waals surface area contributed by atoms with E-state index in [1.54, 1.807) is 6.34 Å². The molecule has 1 aliphatic rings. The molecule has 1 heterocycles. The van der Waals surface area contributed by atoms with Crippen LogP contribution in [0.1, 0.15) is 6.92 Å². The number of hydrogen-bond donors (Lipinski definition) is 2. The molecule has 0 aromatic heterocycles. The molecule has 44 valence electrons. The summed E-state index contributed by atoms with van der Waals surface area (Å²) in [7, 11) is 0. The minimum absolute atomic E-state index is 0.289. The Balaban J connectivity index is 2.51. The fourth-order valence-corrected chi connectivity index (χ4v) is 0.477. The normalized spacial score (nSPS) is 25.9. The van der Waals surface area contributed by atoms with Gasteiger partial charge in [-0.15, -0.1) is 0 Å². The highest BCUT2D eigenvalue weighted by molar-refractivity contribution is 5.54. The van der Waals surface area contributed by atoms with Crippen molar-refractivity contribution in [3.8, 4) is 0 Å². The fraction of sp³-hybridized carbons (Fsp3) is 0.400. The van der Waals surface area contributed by atoms with Crippen molar-refractivity contribution in [2.75, 3.05) is 0 Å². The molecule has 0 bridgehead atoms. The van der Waals surface area contributed by atoms with Crippen molar-refractivity contribution in [3.05, 3.63) is 12.3 Å². The number of hydrazine groups is 1. The van der Waals surface area contributed by atoms with Crippen LogP contribution < -0.4 is 10.9 Å². The van der Waals surface area contributed by atoms with E-state index in [1.165, 1.54) is 0 Å². The molecule has 1 rings (SSSR count). The predicted molar refractivity (Wildman–Crippen MR) is 33.4 cm³/mol. The lowest BCUT2D eigenvalue weighted by molar-refractivity contribution is 0.840. The summed E-state index contributed by atoms with van der Waals surface area (Å²) in [6.45, 7) is 2.02. The summed E-state index contributed by atoms with van der Waals surface area (Å²) in [4.78, 5) is 4.04. The molecule has 3 heteroatoms. The molecule has 1 atom stereocenters. The second-order valence-corrected chi connectivity index (χ2v) is 1.67. The Kier molecular flexibility index (Phi) is 1.51. The highest BCUT2D eigenvalue weighted by Gasteiger charge is 1.89. The third kappa shape index (κ3) is 1.26. The van der Waals surface area contributed by atoms with Crippen LogP contribution in [0.4, 0.5) is 0 Å². The second kappa shape index (κ2) is 2.35. The van der Waals surface area contributed by atoms with Crippen LogP contribution in [-0.2, 0) is 0 Å². The van der Waals surface area contributed by atoms with Crippen molar-refractivity contribution in [1.82, 2.24) is 10.9 Å². The summed E-state index contributed by atoms with van der Waals surface area (Å²) >= 11 is 0. The van der Waals surface area contributed by atoms with E-state index in [0.717, 1.165) is 0 Å². The Morgan fingerprint density at radius 2 is 2.38 bits per heavy atom. The smallest absolute Gasteiger partial charge is 0.102 e. The number of hydrogen-bond acceptors (Lipinski definition) is 3. The quantitative estimate of drug-likeness (QED) is 0.462. The van der Waals surface area contributed by atoms with E-state index < -0.39 is 0 Å². The molecule has 0 saturated carbocycles. The number of nitrogens with one attached hydrogen (secondary N) is 2. The number of nitrogens with zero attached hydrogens (tertiary/aromatic N) is 1. The molecular formula is C5H9N3. The summed E-state index contributed by atoms with van der Waals surface area (Å²) in [5, 5.41) is 0. The average molecular weight is 111 g/mol. The third-order valence-corrected chi connectivity index (χ3v) is 0.916. The maximum Gasteiger partial charge on any atom is 0.102 e. The van der Waals surface area contributed by atoms with Crippen molar-refractivity contribution >= 4 is 6.34 Å². The van der Waals surface area contributed by atoms with Gasteiger partial charge in [0.1, 0.15) is 6.34 Å². The van der Waals surface area contributed by atoms with Crippen LogP contribution in [0.2, 0.25) is 0 Å². The van der Waals surface area contributed by atoms with Crippen LogP contribution >= 0.6 is 0 Å². The zero-order chi connectivity index (χ0) is 5.82. The zero-order valence-corrected chi connectivity index (χ0v) is 4.76. The van der Waals surface area contributed by atoms with E-state index in [9.17, 15) is 0 Å². The lowest BCUT2D eigenvalue weighted by Gasteiger charge is -1.90. The Hall–Kier alpha value is -0.990. The molecule has 0 saturated heterocycles. The molecule has 0 aliphatic carbocycles. The van der Waals surface area contributed by atoms with Crippen LogP contribution in [0, 0.1) is 0 Å². The van der Waals surface area contributed by atoms with Gasteiger partial charge >= 0.3 is 0 Å². The Bertz CT molecular complexity index is 103. The van der Waals surface area contributed by atoms with Gasteiger partial charge in [-0.1, -0.05) is 0 Å². The molecule has 8 heavy (non-hydrogen) atoms. The maximum absolute atomic E-state index is 4.04. The van der Waals surface area contributed by atoms with Gasteiger partial charge in [-0.3, -0.25) is 10.4 Å². The molecule has 0 aromatic rings. The van der Waals surface area contributed by atoms with E-state index in [0.29, 0.717) is 0 Å². The van der Waals surface area contributed by atoms with Crippen molar-refractivity contribution < 1.29 is 0 Å². The molecule has 3 nitrogen and oxygen atoms in total. The van der Waals surface area contributed by atoms with Gasteiger partial charge in [0, 0.05) is 6.20 Å². The summed E-state index contributed by atoms with van der Waals surface area (Å²) in [6.07, 6.45) is 5.44. The van der Waals surface area contributed by atoms with Crippen molar-refractivity contribution in [3.63, 3.8) is 0 Å². The highest BCUT2D eigenvalue weighted by atomic mass is 15.4. The molecule has 2 N–H and O–H groups in total. The van der Waals surface area contributed by atoms with Crippen molar-refractivity contribution in [2.24, 2.45) is 4.99 Å². The summed E-state index contributed by atoms with van der Waals surface area (Å²) in [6, 6.07) is 0.289. The van der Waals surface area contributed by atoms with Gasteiger partial charge in [-0.2, -0.15) is 0 Å². The van der Waals surface area contributed by atoms with Crippen LogP contribution in [0.3, 0.4) is 0 Å². The molecule has 0 amide bonds. The van der Waals surface area contributed by atoms with Crippen LogP contribution in [0.5, 0.6) is 0 Å². The molecule has 0 fully saturated rings. The zero-order valence-electron chi connectivity index (χ0n) is 4.76. The summed E-state index contributed by atoms with van der Waals surface area (Å²) in [5.74, 6) is 0. The third-order valence-electron chi connectivity index (χ3n) is 0.916. The molecule has 1 aliphatic heterocycles. The lowest BCUT2D eigenvalue weighted by Crippen LogP contribution is -2.23. The van der Waals surface area contributed by atoms with Gasteiger partial charge < -0.3 is 5.43 Å². The lowest BCUT2D eigenvalue weighted by atomic mass is 10.3. The van der Waals surface area contributed by atoms with Gasteiger partial charge in [0.15, 0.2) is 0 Å². The minimum atomic E-state index is 0.289. The van der Waals surface area contributed by atoms with Crippen LogP contribution in [0.25, 0.3) is 0 Å². The maximum atomic E-state index is 4.04. The van der Waals surface area contributed by atoms with Gasteiger partial charge in [-0.05, 0) is 13.0 Å². The Labute approximate surface area is 48.5 Å². The number of rotatable bonds is 0. The molecular weight excluding hydrogens is 102 g/mol. The van der Waals surface area contributed by atoms with Crippen LogP contribution in [0.15, 0.2) is 17.3 Å². The fourth-order valence-electron chi connectivity index (χ4n) is 0.477. The van der Waals surface area contributed by atoms with E-state index >= 15 is 0 Å². The first-order chi connectivity index (χ1) is 3.89. The molecule has 1 unspecified atom stereocenters. The minimum Gasteiger partial charge on any atom is -0.308 e. The SMILES string of the molecule is CC1C=CNNC=N1. The van der Waals surface area contributed by atoms with E-state index in [4.69, 9.17) is 0 Å². The summed E-state index contributed by atoms with van der Waals surface area (Å²) < 4.78 is 0. The molecule has 0 radical (unpaired) electrons. The first-order valence-electron chi connectivity index (χ1n) is 2.59. The van der Waals surface area contributed by atoms with Crippen molar-refractivity contribution in [1.29, 1.82) is 0 Å². The second-order valence-electron chi connectivity index (χ2n) is 1.67. The first kappa shape index (κ1) is 5.15. The van der Waals surface area contributed by atoms with Gasteiger partial charge in [0.05, 0.1) is 6.04 Å². The molecule has 0 spiro atoms. The standard InChI is InChI=1S/C5H9N3/c1-5-2-3-7-8-4-6-5/h2-5,7H,1H3,(H,6,8). The highest BCUT2D eigenvalue weighted by Crippen LogP contribution is 1.89. The van der Waals surface area contributed by atoms with Gasteiger partial charge in [-0.25, -0.2) is 0 Å². The Morgan fingerprint density at radius 3 is 3.25 bits per heavy atom.